The Morgan fingerprint density at radius 1 is 1.47 bits per heavy atom. The zero-order valence-corrected chi connectivity index (χ0v) is 11.6. The number of carbonyl (C=O) groups is 1. The first-order chi connectivity index (χ1) is 9.27. The van der Waals surface area contributed by atoms with Gasteiger partial charge in [-0.15, -0.1) is 0 Å². The Labute approximate surface area is 115 Å². The van der Waals surface area contributed by atoms with Gasteiger partial charge in [-0.05, 0) is 26.2 Å². The van der Waals surface area contributed by atoms with Crippen molar-refractivity contribution in [3.63, 3.8) is 0 Å². The van der Waals surface area contributed by atoms with Crippen LogP contribution in [-0.2, 0) is 9.53 Å². The molecular formula is C14H23N3O2. The lowest BCUT2D eigenvalue weighted by Gasteiger charge is -2.09. The Hall–Kier alpha value is -1.54. The van der Waals surface area contributed by atoms with Crippen molar-refractivity contribution in [1.29, 1.82) is 5.26 Å². The minimum absolute atomic E-state index is 0.142. The van der Waals surface area contributed by atoms with Crippen LogP contribution in [0.5, 0.6) is 0 Å². The number of nitrogens with one attached hydrogen (secondary N) is 2. The Morgan fingerprint density at radius 2 is 2.21 bits per heavy atom. The van der Waals surface area contributed by atoms with Gasteiger partial charge in [-0.3, -0.25) is 4.79 Å². The quantitative estimate of drug-likeness (QED) is 0.396. The van der Waals surface area contributed by atoms with Crippen LogP contribution in [-0.4, -0.2) is 31.7 Å². The topological polar surface area (TPSA) is 74.1 Å². The summed E-state index contributed by atoms with van der Waals surface area (Å²) in [4.78, 5) is 11.7. The second-order valence-electron chi connectivity index (χ2n) is 4.62. The van der Waals surface area contributed by atoms with Crippen LogP contribution >= 0.6 is 0 Å². The van der Waals surface area contributed by atoms with Crippen LogP contribution in [0.3, 0.4) is 0 Å². The molecule has 5 nitrogen and oxygen atoms in total. The predicted octanol–water partition coefficient (Wildman–Crippen LogP) is 1.47. The van der Waals surface area contributed by atoms with Gasteiger partial charge in [-0.1, -0.05) is 12.8 Å². The average molecular weight is 265 g/mol. The van der Waals surface area contributed by atoms with Crippen LogP contribution in [0.4, 0.5) is 0 Å². The summed E-state index contributed by atoms with van der Waals surface area (Å²) < 4.78 is 5.17. The number of carbonyl (C=O) groups excluding carboxylic acids is 1. The Bertz CT molecular complexity index is 341. The highest BCUT2D eigenvalue weighted by atomic mass is 16.5. The molecule has 0 unspecified atom stereocenters. The number of nitriles is 1. The lowest BCUT2D eigenvalue weighted by Crippen LogP contribution is -2.28. The van der Waals surface area contributed by atoms with Crippen LogP contribution in [0.15, 0.2) is 11.8 Å². The molecule has 1 saturated carbocycles. The first-order valence-electron chi connectivity index (χ1n) is 7.00. The van der Waals surface area contributed by atoms with Crippen LogP contribution in [0.2, 0.25) is 0 Å². The maximum Gasteiger partial charge on any atom is 0.263 e. The third-order valence-corrected chi connectivity index (χ3v) is 3.14. The molecule has 0 aromatic carbocycles. The summed E-state index contributed by atoms with van der Waals surface area (Å²) in [6.45, 7) is 3.77. The predicted molar refractivity (Wildman–Crippen MR) is 73.2 cm³/mol. The maximum atomic E-state index is 11.7. The summed E-state index contributed by atoms with van der Waals surface area (Å²) in [5.41, 5.74) is 0.142. The summed E-state index contributed by atoms with van der Waals surface area (Å²) in [6.07, 6.45) is 6.98. The van der Waals surface area contributed by atoms with Gasteiger partial charge in [0, 0.05) is 32.0 Å². The van der Waals surface area contributed by atoms with Gasteiger partial charge in [0.05, 0.1) is 0 Å². The molecule has 19 heavy (non-hydrogen) atoms. The third kappa shape index (κ3) is 6.25. The molecule has 1 rings (SSSR count). The molecule has 0 aromatic heterocycles. The molecule has 106 valence electrons. The van der Waals surface area contributed by atoms with E-state index in [2.05, 4.69) is 10.6 Å². The lowest BCUT2D eigenvalue weighted by atomic mass is 10.2. The van der Waals surface area contributed by atoms with E-state index in [1.165, 1.54) is 12.8 Å². The molecule has 0 heterocycles. The first-order valence-corrected chi connectivity index (χ1v) is 7.00. The lowest BCUT2D eigenvalue weighted by molar-refractivity contribution is -0.117. The molecule has 1 aliphatic carbocycles. The van der Waals surface area contributed by atoms with Gasteiger partial charge in [0.1, 0.15) is 11.6 Å². The average Bonchev–Trinajstić information content (AvgIpc) is 2.92. The van der Waals surface area contributed by atoms with Crippen molar-refractivity contribution in [2.24, 2.45) is 0 Å². The van der Waals surface area contributed by atoms with E-state index >= 15 is 0 Å². The summed E-state index contributed by atoms with van der Waals surface area (Å²) in [6, 6.07) is 2.34. The summed E-state index contributed by atoms with van der Waals surface area (Å²) in [5.74, 6) is -0.315. The van der Waals surface area contributed by atoms with E-state index in [-0.39, 0.29) is 11.5 Å². The molecule has 0 atom stereocenters. The van der Waals surface area contributed by atoms with Crippen molar-refractivity contribution >= 4 is 5.91 Å². The fourth-order valence-electron chi connectivity index (χ4n) is 2.06. The molecule has 0 bridgehead atoms. The van der Waals surface area contributed by atoms with Crippen molar-refractivity contribution in [3.8, 4) is 6.07 Å². The SMILES string of the molecule is CCOCCCNC(=O)/C(C#N)=C\NC1CCCC1. The van der Waals surface area contributed by atoms with E-state index < -0.39 is 0 Å². The monoisotopic (exact) mass is 265 g/mol. The van der Waals surface area contributed by atoms with Crippen molar-refractivity contribution in [2.75, 3.05) is 19.8 Å². The Morgan fingerprint density at radius 3 is 2.84 bits per heavy atom. The highest BCUT2D eigenvalue weighted by molar-refractivity contribution is 5.97. The molecule has 0 saturated heterocycles. The molecule has 0 spiro atoms. The largest absolute Gasteiger partial charge is 0.387 e. The number of amides is 1. The van der Waals surface area contributed by atoms with Gasteiger partial charge < -0.3 is 15.4 Å². The number of hydrogen-bond acceptors (Lipinski definition) is 4. The molecule has 0 aliphatic heterocycles. The number of ether oxygens (including phenoxy) is 1. The zero-order valence-electron chi connectivity index (χ0n) is 11.6. The molecule has 0 radical (unpaired) electrons. The van der Waals surface area contributed by atoms with Gasteiger partial charge in [0.15, 0.2) is 0 Å². The second kappa shape index (κ2) is 9.40. The summed E-state index contributed by atoms with van der Waals surface area (Å²) >= 11 is 0. The fourth-order valence-corrected chi connectivity index (χ4v) is 2.06. The summed E-state index contributed by atoms with van der Waals surface area (Å²) in [7, 11) is 0. The van der Waals surface area contributed by atoms with Gasteiger partial charge in [0.25, 0.3) is 5.91 Å². The molecule has 1 amide bonds. The van der Waals surface area contributed by atoms with Gasteiger partial charge in [-0.2, -0.15) is 5.26 Å². The third-order valence-electron chi connectivity index (χ3n) is 3.14. The van der Waals surface area contributed by atoms with Crippen LogP contribution in [0.1, 0.15) is 39.0 Å². The molecule has 5 heteroatoms. The first kappa shape index (κ1) is 15.5. The van der Waals surface area contributed by atoms with Gasteiger partial charge >= 0.3 is 0 Å². The van der Waals surface area contributed by atoms with Crippen molar-refractivity contribution in [3.05, 3.63) is 11.8 Å². The molecule has 2 N–H and O–H groups in total. The van der Waals surface area contributed by atoms with Crippen LogP contribution in [0.25, 0.3) is 0 Å². The maximum absolute atomic E-state index is 11.7. The van der Waals surface area contributed by atoms with E-state index in [1.807, 2.05) is 13.0 Å². The normalized spacial score (nSPS) is 16.1. The van der Waals surface area contributed by atoms with Gasteiger partial charge in [-0.25, -0.2) is 0 Å². The van der Waals surface area contributed by atoms with Crippen molar-refractivity contribution in [1.82, 2.24) is 10.6 Å². The second-order valence-corrected chi connectivity index (χ2v) is 4.62. The van der Waals surface area contributed by atoms with E-state index in [9.17, 15) is 4.79 Å². The summed E-state index contributed by atoms with van der Waals surface area (Å²) in [5, 5.41) is 14.8. The zero-order chi connectivity index (χ0) is 13.9. The van der Waals surface area contributed by atoms with Crippen LogP contribution < -0.4 is 10.6 Å². The van der Waals surface area contributed by atoms with E-state index in [4.69, 9.17) is 10.00 Å². The smallest absolute Gasteiger partial charge is 0.263 e. The number of nitrogens with zero attached hydrogens (tertiary/aromatic N) is 1. The molecule has 1 aliphatic rings. The van der Waals surface area contributed by atoms with Crippen molar-refractivity contribution in [2.45, 2.75) is 45.1 Å². The molecule has 1 fully saturated rings. The van der Waals surface area contributed by atoms with E-state index in [0.717, 1.165) is 19.3 Å². The van der Waals surface area contributed by atoms with Crippen molar-refractivity contribution < 1.29 is 9.53 Å². The standard InChI is InChI=1S/C14H23N3O2/c1-2-19-9-5-8-16-14(18)12(10-15)11-17-13-6-3-4-7-13/h11,13,17H,2-9H2,1H3,(H,16,18)/b12-11-. The fraction of sp³-hybridized carbons (Fsp3) is 0.714. The highest BCUT2D eigenvalue weighted by Crippen LogP contribution is 2.17. The molecular weight excluding hydrogens is 242 g/mol. The minimum atomic E-state index is -0.315. The van der Waals surface area contributed by atoms with E-state index in [1.54, 1.807) is 6.20 Å². The number of rotatable bonds is 8. The highest BCUT2D eigenvalue weighted by Gasteiger charge is 2.14. The number of hydrogen-bond donors (Lipinski definition) is 2. The van der Waals surface area contributed by atoms with Gasteiger partial charge in [0.2, 0.25) is 0 Å². The van der Waals surface area contributed by atoms with Crippen LogP contribution in [0, 0.1) is 11.3 Å². The van der Waals surface area contributed by atoms with E-state index in [0.29, 0.717) is 25.8 Å². The molecule has 0 aromatic rings. The Balaban J connectivity index is 2.26. The Kier molecular flexibility index (Phi) is 7.68. The minimum Gasteiger partial charge on any atom is -0.387 e.